The minimum atomic E-state index is -0.0400. The minimum Gasteiger partial charge on any atom is -0.383 e. The molecule has 13 heavy (non-hydrogen) atoms. The Bertz CT molecular complexity index is 184. The van der Waals surface area contributed by atoms with Crippen LogP contribution in [0.4, 0.5) is 0 Å². The maximum atomic E-state index is 11.6. The van der Waals surface area contributed by atoms with Crippen molar-refractivity contribution in [2.75, 3.05) is 20.3 Å². The van der Waals surface area contributed by atoms with Gasteiger partial charge in [-0.2, -0.15) is 0 Å². The predicted molar refractivity (Wildman–Crippen MR) is 50.3 cm³/mol. The van der Waals surface area contributed by atoms with Crippen molar-refractivity contribution in [3.63, 3.8) is 0 Å². The molecular weight excluding hydrogens is 168 g/mol. The molecule has 0 aromatic heterocycles. The molecular formula is C9H18N2O2. The maximum Gasteiger partial charge on any atom is 0.240 e. The molecule has 76 valence electrons. The van der Waals surface area contributed by atoms with E-state index < -0.39 is 0 Å². The van der Waals surface area contributed by atoms with Gasteiger partial charge in [0.1, 0.15) is 0 Å². The highest BCUT2D eigenvalue weighted by Gasteiger charge is 2.34. The summed E-state index contributed by atoms with van der Waals surface area (Å²) in [5.41, 5.74) is 0. The van der Waals surface area contributed by atoms with E-state index in [2.05, 4.69) is 12.2 Å². The van der Waals surface area contributed by atoms with Gasteiger partial charge in [0.2, 0.25) is 5.91 Å². The summed E-state index contributed by atoms with van der Waals surface area (Å²) in [6.07, 6.45) is 1.14. The van der Waals surface area contributed by atoms with Crippen LogP contribution in [0.2, 0.25) is 0 Å². The molecule has 1 fully saturated rings. The van der Waals surface area contributed by atoms with Gasteiger partial charge in [0, 0.05) is 13.7 Å². The molecule has 1 N–H and O–H groups in total. The number of hydrogen-bond acceptors (Lipinski definition) is 3. The van der Waals surface area contributed by atoms with Gasteiger partial charge in [-0.1, -0.05) is 6.92 Å². The molecule has 0 radical (unpaired) electrons. The van der Waals surface area contributed by atoms with Crippen LogP contribution in [-0.4, -0.2) is 43.3 Å². The molecule has 0 spiro atoms. The molecule has 4 nitrogen and oxygen atoms in total. The number of nitrogens with one attached hydrogen (secondary N) is 1. The molecule has 0 bridgehead atoms. The van der Waals surface area contributed by atoms with Gasteiger partial charge in [-0.25, -0.2) is 0 Å². The van der Waals surface area contributed by atoms with Crippen LogP contribution in [0.25, 0.3) is 0 Å². The molecule has 1 rings (SSSR count). The fourth-order valence-electron chi connectivity index (χ4n) is 1.65. The molecule has 2 unspecified atom stereocenters. The molecule has 1 heterocycles. The molecule has 1 aliphatic rings. The highest BCUT2D eigenvalue weighted by molar-refractivity contribution is 5.83. The molecule has 0 saturated carbocycles. The van der Waals surface area contributed by atoms with E-state index in [0.29, 0.717) is 13.2 Å². The molecule has 0 aromatic rings. The first-order valence-corrected chi connectivity index (χ1v) is 4.76. The van der Waals surface area contributed by atoms with Gasteiger partial charge in [-0.15, -0.1) is 0 Å². The fourth-order valence-corrected chi connectivity index (χ4v) is 1.65. The van der Waals surface area contributed by atoms with E-state index in [1.54, 1.807) is 7.11 Å². The Morgan fingerprint density at radius 2 is 2.31 bits per heavy atom. The average molecular weight is 186 g/mol. The van der Waals surface area contributed by atoms with Gasteiger partial charge < -0.3 is 9.64 Å². The monoisotopic (exact) mass is 186 g/mol. The lowest BCUT2D eigenvalue weighted by Crippen LogP contribution is -2.38. The zero-order valence-electron chi connectivity index (χ0n) is 8.54. The number of amides is 1. The van der Waals surface area contributed by atoms with E-state index in [9.17, 15) is 4.79 Å². The van der Waals surface area contributed by atoms with Crippen molar-refractivity contribution in [1.82, 2.24) is 10.2 Å². The number of methoxy groups -OCH3 is 1. The molecule has 1 saturated heterocycles. The van der Waals surface area contributed by atoms with Gasteiger partial charge in [0.25, 0.3) is 0 Å². The zero-order chi connectivity index (χ0) is 9.84. The molecule has 2 atom stereocenters. The quantitative estimate of drug-likeness (QED) is 0.681. The van der Waals surface area contributed by atoms with Crippen LogP contribution in [0, 0.1) is 0 Å². The maximum absolute atomic E-state index is 11.6. The van der Waals surface area contributed by atoms with Crippen molar-refractivity contribution >= 4 is 5.91 Å². The molecule has 1 aliphatic heterocycles. The first-order valence-electron chi connectivity index (χ1n) is 4.76. The van der Waals surface area contributed by atoms with E-state index in [1.807, 2.05) is 11.8 Å². The van der Waals surface area contributed by atoms with E-state index in [4.69, 9.17) is 4.74 Å². The third-order valence-corrected chi connectivity index (χ3v) is 2.40. The summed E-state index contributed by atoms with van der Waals surface area (Å²) in [5, 5.41) is 3.23. The van der Waals surface area contributed by atoms with Gasteiger partial charge >= 0.3 is 0 Å². The summed E-state index contributed by atoms with van der Waals surface area (Å²) < 4.78 is 4.96. The number of nitrogens with zero attached hydrogens (tertiary/aromatic N) is 1. The van der Waals surface area contributed by atoms with E-state index in [1.165, 1.54) is 0 Å². The highest BCUT2D eigenvalue weighted by atomic mass is 16.5. The van der Waals surface area contributed by atoms with Crippen molar-refractivity contribution in [3.05, 3.63) is 0 Å². The number of carbonyl (C=O) groups is 1. The molecule has 1 amide bonds. The van der Waals surface area contributed by atoms with Gasteiger partial charge in [-0.3, -0.25) is 10.1 Å². The first-order chi connectivity index (χ1) is 6.20. The number of carbonyl (C=O) groups excluding carboxylic acids is 1. The zero-order valence-corrected chi connectivity index (χ0v) is 8.54. The van der Waals surface area contributed by atoms with Crippen LogP contribution in [0.3, 0.4) is 0 Å². The molecule has 0 aromatic carbocycles. The van der Waals surface area contributed by atoms with Crippen molar-refractivity contribution in [3.8, 4) is 0 Å². The Labute approximate surface area is 79.2 Å². The van der Waals surface area contributed by atoms with Crippen molar-refractivity contribution in [1.29, 1.82) is 0 Å². The summed E-state index contributed by atoms with van der Waals surface area (Å²) in [7, 11) is 1.65. The second kappa shape index (κ2) is 4.58. The van der Waals surface area contributed by atoms with Crippen LogP contribution in [0.15, 0.2) is 0 Å². The number of hydrogen-bond donors (Lipinski definition) is 1. The average Bonchev–Trinajstić information content (AvgIpc) is 2.40. The normalized spacial score (nSPS) is 28.5. The van der Waals surface area contributed by atoms with E-state index in [-0.39, 0.29) is 18.1 Å². The van der Waals surface area contributed by atoms with Crippen LogP contribution in [0.1, 0.15) is 20.3 Å². The van der Waals surface area contributed by atoms with Crippen LogP contribution >= 0.6 is 0 Å². The predicted octanol–water partition coefficient (Wildman–Crippen LogP) is 0.189. The number of rotatable bonds is 4. The minimum absolute atomic E-state index is 0.0400. The van der Waals surface area contributed by atoms with Crippen LogP contribution in [0.5, 0.6) is 0 Å². The van der Waals surface area contributed by atoms with Crippen LogP contribution < -0.4 is 5.32 Å². The summed E-state index contributed by atoms with van der Waals surface area (Å²) in [5.74, 6) is 0.184. The van der Waals surface area contributed by atoms with E-state index >= 15 is 0 Å². The summed E-state index contributed by atoms with van der Waals surface area (Å²) >= 11 is 0. The second-order valence-electron chi connectivity index (χ2n) is 3.34. The largest absolute Gasteiger partial charge is 0.383 e. The summed E-state index contributed by atoms with van der Waals surface area (Å²) in [6, 6.07) is -0.0400. The summed E-state index contributed by atoms with van der Waals surface area (Å²) in [6.45, 7) is 5.27. The summed E-state index contributed by atoms with van der Waals surface area (Å²) in [4.78, 5) is 13.4. The topological polar surface area (TPSA) is 41.6 Å². The second-order valence-corrected chi connectivity index (χ2v) is 3.34. The SMILES string of the molecule is CCC1NC(C)C(=O)N1CCOC. The molecule has 4 heteroatoms. The number of ether oxygens (including phenoxy) is 1. The van der Waals surface area contributed by atoms with E-state index in [0.717, 1.165) is 6.42 Å². The fraction of sp³-hybridized carbons (Fsp3) is 0.889. The van der Waals surface area contributed by atoms with Crippen molar-refractivity contribution in [2.24, 2.45) is 0 Å². The third kappa shape index (κ3) is 2.19. The van der Waals surface area contributed by atoms with Crippen molar-refractivity contribution in [2.45, 2.75) is 32.5 Å². The Kier molecular flexibility index (Phi) is 3.69. The van der Waals surface area contributed by atoms with Crippen molar-refractivity contribution < 1.29 is 9.53 Å². The lowest BCUT2D eigenvalue weighted by atomic mass is 10.3. The van der Waals surface area contributed by atoms with Gasteiger partial charge in [0.05, 0.1) is 18.8 Å². The Morgan fingerprint density at radius 3 is 2.85 bits per heavy atom. The Balaban J connectivity index is 2.52. The van der Waals surface area contributed by atoms with Crippen LogP contribution in [-0.2, 0) is 9.53 Å². The standard InChI is InChI=1S/C9H18N2O2/c1-4-8-10-7(2)9(12)11(8)5-6-13-3/h7-8,10H,4-6H2,1-3H3. The molecule has 0 aliphatic carbocycles. The van der Waals surface area contributed by atoms with Gasteiger partial charge in [-0.05, 0) is 13.3 Å². The van der Waals surface area contributed by atoms with Gasteiger partial charge in [0.15, 0.2) is 0 Å². The lowest BCUT2D eigenvalue weighted by molar-refractivity contribution is -0.130. The Morgan fingerprint density at radius 1 is 1.62 bits per heavy atom. The first kappa shape index (κ1) is 10.5. The smallest absolute Gasteiger partial charge is 0.240 e. The lowest BCUT2D eigenvalue weighted by Gasteiger charge is -2.22. The third-order valence-electron chi connectivity index (χ3n) is 2.40. The Hall–Kier alpha value is -0.610. The highest BCUT2D eigenvalue weighted by Crippen LogP contribution is 2.12.